The normalized spacial score (nSPS) is 13.9. The molecule has 9 heteroatoms. The van der Waals surface area contributed by atoms with E-state index in [1.165, 1.54) is 6.08 Å². The second kappa shape index (κ2) is 12.8. The minimum Gasteiger partial charge on any atom is -0.378 e. The van der Waals surface area contributed by atoms with Crippen LogP contribution in [0.25, 0.3) is 22.3 Å². The van der Waals surface area contributed by atoms with Crippen LogP contribution >= 0.6 is 0 Å². The summed E-state index contributed by atoms with van der Waals surface area (Å²) in [5, 5.41) is 4.38. The maximum atomic E-state index is 12.1. The second-order valence-corrected chi connectivity index (χ2v) is 17.2. The summed E-state index contributed by atoms with van der Waals surface area (Å²) in [5.41, 5.74) is 5.49. The molecule has 0 radical (unpaired) electrons. The summed E-state index contributed by atoms with van der Waals surface area (Å²) in [6.07, 6.45) is 3.67. The van der Waals surface area contributed by atoms with Crippen LogP contribution < -0.4 is 10.2 Å². The first-order chi connectivity index (χ1) is 19.8. The van der Waals surface area contributed by atoms with Crippen molar-refractivity contribution in [2.45, 2.75) is 38.8 Å². The molecule has 0 amide bonds. The molecule has 2 aromatic carbocycles. The Labute approximate surface area is 243 Å². The van der Waals surface area contributed by atoms with Crippen LogP contribution in [-0.4, -0.2) is 61.3 Å². The maximum Gasteiger partial charge on any atom is 0.229 e. The van der Waals surface area contributed by atoms with Gasteiger partial charge in [0.1, 0.15) is 12.4 Å². The molecule has 1 aliphatic heterocycles. The van der Waals surface area contributed by atoms with Gasteiger partial charge in [0.25, 0.3) is 0 Å². The number of ether oxygens (including phenoxy) is 2. The Bertz CT molecular complexity index is 1520. The van der Waals surface area contributed by atoms with Gasteiger partial charge in [-0.3, -0.25) is 4.79 Å². The number of benzene rings is 2. The standard InChI is InChI=1S/C32H39N5O3Si/c1-5-28(38)21-24-8-6-9-25(20-24)30-29-12-13-37(23-40-18-19-41(2,3)4)31(29)35-32(34-30)33-26-10-7-11-27(22-26)36-14-16-39-17-15-36/h5-13,20,22H,1,14-19,21,23H2,2-4H3,(H,33,34,35). The van der Waals surface area contributed by atoms with Crippen LogP contribution in [0.1, 0.15) is 5.56 Å². The highest BCUT2D eigenvalue weighted by molar-refractivity contribution is 6.76. The number of carbonyl (C=O) groups is 1. The number of nitrogens with zero attached hydrogens (tertiary/aromatic N) is 4. The number of hydrogen-bond acceptors (Lipinski definition) is 7. The summed E-state index contributed by atoms with van der Waals surface area (Å²) in [7, 11) is -1.19. The molecule has 0 unspecified atom stereocenters. The van der Waals surface area contributed by atoms with Crippen LogP contribution in [0.4, 0.5) is 17.3 Å². The number of carbonyl (C=O) groups excluding carboxylic acids is 1. The quantitative estimate of drug-likeness (QED) is 0.122. The summed E-state index contributed by atoms with van der Waals surface area (Å²) in [4.78, 5) is 24.3. The van der Waals surface area contributed by atoms with Gasteiger partial charge in [0.05, 0.1) is 18.9 Å². The number of ketones is 1. The molecule has 0 aliphatic carbocycles. The average Bonchev–Trinajstić information content (AvgIpc) is 3.38. The lowest BCUT2D eigenvalue weighted by Crippen LogP contribution is -2.36. The lowest BCUT2D eigenvalue weighted by atomic mass is 10.0. The fourth-order valence-corrected chi connectivity index (χ4v) is 5.58. The van der Waals surface area contributed by atoms with E-state index in [1.54, 1.807) is 0 Å². The number of rotatable bonds is 12. The van der Waals surface area contributed by atoms with Crippen LogP contribution in [0.3, 0.4) is 0 Å². The van der Waals surface area contributed by atoms with Crippen LogP contribution in [-0.2, 0) is 27.4 Å². The Morgan fingerprint density at radius 3 is 2.68 bits per heavy atom. The fraction of sp³-hybridized carbons (Fsp3) is 0.344. The second-order valence-electron chi connectivity index (χ2n) is 11.6. The molecular weight excluding hydrogens is 530 g/mol. The zero-order chi connectivity index (χ0) is 28.8. The molecule has 1 fully saturated rings. The van der Waals surface area contributed by atoms with Gasteiger partial charge < -0.3 is 24.3 Å². The summed E-state index contributed by atoms with van der Waals surface area (Å²) in [6.45, 7) is 15.0. The third kappa shape index (κ3) is 7.49. The minimum atomic E-state index is -1.19. The Kier molecular flexibility index (Phi) is 8.97. The number of allylic oxidation sites excluding steroid dienone is 1. The van der Waals surface area contributed by atoms with E-state index in [4.69, 9.17) is 19.4 Å². The number of morpholine rings is 1. The number of hydrogen-bond donors (Lipinski definition) is 1. The molecule has 1 saturated heterocycles. The van der Waals surface area contributed by atoms with Crippen molar-refractivity contribution in [3.63, 3.8) is 0 Å². The van der Waals surface area contributed by atoms with Crippen molar-refractivity contribution in [3.05, 3.63) is 79.0 Å². The molecule has 41 heavy (non-hydrogen) atoms. The fourth-order valence-electron chi connectivity index (χ4n) is 4.82. The van der Waals surface area contributed by atoms with Crippen molar-refractivity contribution >= 4 is 42.2 Å². The summed E-state index contributed by atoms with van der Waals surface area (Å²) < 4.78 is 13.6. The highest BCUT2D eigenvalue weighted by atomic mass is 28.3. The van der Waals surface area contributed by atoms with Gasteiger partial charge in [-0.2, -0.15) is 4.98 Å². The Balaban J connectivity index is 1.49. The van der Waals surface area contributed by atoms with Gasteiger partial charge in [-0.25, -0.2) is 4.98 Å². The molecule has 0 saturated carbocycles. The topological polar surface area (TPSA) is 81.5 Å². The van der Waals surface area contributed by atoms with Gasteiger partial charge in [0, 0.05) is 62.7 Å². The SMILES string of the molecule is C=CC(=O)Cc1cccc(-c2nc(Nc3cccc(N4CCOCC4)c3)nc3c2ccn3COCC[Si](C)(C)C)c1. The van der Waals surface area contributed by atoms with E-state index in [1.807, 2.05) is 53.2 Å². The molecule has 0 spiro atoms. The van der Waals surface area contributed by atoms with Gasteiger partial charge in [-0.1, -0.05) is 50.5 Å². The van der Waals surface area contributed by atoms with E-state index in [0.717, 1.165) is 78.2 Å². The van der Waals surface area contributed by atoms with Gasteiger partial charge in [0.2, 0.25) is 5.95 Å². The smallest absolute Gasteiger partial charge is 0.229 e. The van der Waals surface area contributed by atoms with Crippen molar-refractivity contribution < 1.29 is 14.3 Å². The first kappa shape index (κ1) is 28.7. The lowest BCUT2D eigenvalue weighted by molar-refractivity contribution is -0.114. The lowest BCUT2D eigenvalue weighted by Gasteiger charge is -2.29. The van der Waals surface area contributed by atoms with Crippen LogP contribution in [0, 0.1) is 0 Å². The molecule has 4 aromatic rings. The van der Waals surface area contributed by atoms with Crippen molar-refractivity contribution in [2.75, 3.05) is 43.1 Å². The molecule has 0 atom stereocenters. The van der Waals surface area contributed by atoms with Gasteiger partial charge in [0.15, 0.2) is 5.78 Å². The van der Waals surface area contributed by atoms with Gasteiger partial charge >= 0.3 is 0 Å². The Morgan fingerprint density at radius 2 is 1.90 bits per heavy atom. The summed E-state index contributed by atoms with van der Waals surface area (Å²) in [6, 6.07) is 19.4. The molecular formula is C32H39N5O3Si. The van der Waals surface area contributed by atoms with Crippen molar-refractivity contribution in [3.8, 4) is 11.3 Å². The third-order valence-electron chi connectivity index (χ3n) is 7.13. The number of fused-ring (bicyclic) bond motifs is 1. The van der Waals surface area contributed by atoms with E-state index < -0.39 is 8.07 Å². The molecule has 0 bridgehead atoms. The summed E-state index contributed by atoms with van der Waals surface area (Å²) in [5.74, 6) is 0.486. The molecule has 1 aliphatic rings. The number of nitrogens with one attached hydrogen (secondary N) is 1. The van der Waals surface area contributed by atoms with Crippen LogP contribution in [0.5, 0.6) is 0 Å². The van der Waals surface area contributed by atoms with Crippen molar-refractivity contribution in [1.82, 2.24) is 14.5 Å². The maximum absolute atomic E-state index is 12.1. The van der Waals surface area contributed by atoms with E-state index >= 15 is 0 Å². The predicted molar refractivity (Wildman–Crippen MR) is 169 cm³/mol. The Morgan fingerprint density at radius 1 is 1.10 bits per heavy atom. The number of aromatic nitrogens is 3. The van der Waals surface area contributed by atoms with Gasteiger partial charge in [-0.15, -0.1) is 0 Å². The monoisotopic (exact) mass is 569 g/mol. The third-order valence-corrected chi connectivity index (χ3v) is 8.83. The summed E-state index contributed by atoms with van der Waals surface area (Å²) >= 11 is 0. The van der Waals surface area contributed by atoms with Crippen LogP contribution in [0.2, 0.25) is 25.7 Å². The van der Waals surface area contributed by atoms with Gasteiger partial charge in [-0.05, 0) is 48.0 Å². The minimum absolute atomic E-state index is 0.0147. The van der Waals surface area contributed by atoms with E-state index in [2.05, 4.69) is 48.6 Å². The first-order valence-corrected chi connectivity index (χ1v) is 17.9. The average molecular weight is 570 g/mol. The first-order valence-electron chi connectivity index (χ1n) is 14.2. The van der Waals surface area contributed by atoms with E-state index in [9.17, 15) is 4.79 Å². The van der Waals surface area contributed by atoms with E-state index in [0.29, 0.717) is 19.1 Å². The molecule has 8 nitrogen and oxygen atoms in total. The van der Waals surface area contributed by atoms with Crippen molar-refractivity contribution in [2.24, 2.45) is 0 Å². The zero-order valence-corrected chi connectivity index (χ0v) is 25.2. The molecule has 3 heterocycles. The highest BCUT2D eigenvalue weighted by Crippen LogP contribution is 2.31. The number of anilines is 3. The largest absolute Gasteiger partial charge is 0.378 e. The Hall–Kier alpha value is -3.79. The molecule has 214 valence electrons. The molecule has 5 rings (SSSR count). The molecule has 2 aromatic heterocycles. The van der Waals surface area contributed by atoms with Crippen molar-refractivity contribution in [1.29, 1.82) is 0 Å². The molecule has 1 N–H and O–H groups in total. The highest BCUT2D eigenvalue weighted by Gasteiger charge is 2.17. The zero-order valence-electron chi connectivity index (χ0n) is 24.2. The van der Waals surface area contributed by atoms with Crippen LogP contribution in [0.15, 0.2) is 73.4 Å². The van der Waals surface area contributed by atoms with E-state index in [-0.39, 0.29) is 5.78 Å². The predicted octanol–water partition coefficient (Wildman–Crippen LogP) is 6.29.